The fraction of sp³-hybridized carbons (Fsp3) is 0.344. The lowest BCUT2D eigenvalue weighted by Gasteiger charge is -2.23. The molecule has 0 aliphatic heterocycles. The third-order valence-electron chi connectivity index (χ3n) is 7.04. The van der Waals surface area contributed by atoms with Gasteiger partial charge in [0.2, 0.25) is 22.9 Å². The van der Waals surface area contributed by atoms with E-state index in [1.165, 1.54) is 18.3 Å². The number of rotatable bonds is 16. The molecule has 2 aromatic carbocycles. The topological polar surface area (TPSA) is 179 Å². The Morgan fingerprint density at radius 2 is 1.44 bits per heavy atom. The van der Waals surface area contributed by atoms with E-state index in [-0.39, 0.29) is 31.2 Å². The number of hydrogen-bond donors (Lipinski definition) is 5. The van der Waals surface area contributed by atoms with Crippen molar-refractivity contribution in [3.05, 3.63) is 94.1 Å². The molecule has 0 bridgehead atoms. The number of aromatic nitrogens is 4. The normalized spacial score (nSPS) is 11.2. The lowest BCUT2D eigenvalue weighted by atomic mass is 9.92. The van der Waals surface area contributed by atoms with E-state index in [2.05, 4.69) is 36.3 Å². The first-order valence-corrected chi connectivity index (χ1v) is 15.4. The maximum Gasteiger partial charge on any atom is 0.230 e. The van der Waals surface area contributed by atoms with Crippen LogP contribution in [0.5, 0.6) is 0 Å². The van der Waals surface area contributed by atoms with Gasteiger partial charge in [-0.05, 0) is 55.0 Å². The number of nitrogens with one attached hydrogen (secondary N) is 3. The summed E-state index contributed by atoms with van der Waals surface area (Å²) >= 11 is 1.34. The van der Waals surface area contributed by atoms with Crippen LogP contribution < -0.4 is 16.0 Å². The van der Waals surface area contributed by atoms with Gasteiger partial charge in [0.1, 0.15) is 5.01 Å². The minimum Gasteiger partial charge on any atom is -0.395 e. The van der Waals surface area contributed by atoms with Gasteiger partial charge in [0.05, 0.1) is 37.2 Å². The van der Waals surface area contributed by atoms with Crippen LogP contribution in [-0.2, 0) is 46.6 Å². The lowest BCUT2D eigenvalue weighted by molar-refractivity contribution is -0.135. The molecule has 0 radical (unpaired) electrons. The third-order valence-corrected chi connectivity index (χ3v) is 7.94. The highest BCUT2D eigenvalue weighted by atomic mass is 32.1. The number of anilines is 2. The first-order valence-electron chi connectivity index (χ1n) is 14.6. The molecular formula is C32H37N7O5S. The Morgan fingerprint density at radius 1 is 0.756 bits per heavy atom. The number of unbranched alkanes of at least 4 members (excludes halogenated alkanes) is 1. The number of amides is 3. The number of aliphatic hydroxyl groups is 2. The molecule has 0 aliphatic rings. The minimum atomic E-state index is -1.26. The number of aryl methyl sites for hydroxylation is 2. The van der Waals surface area contributed by atoms with Crippen molar-refractivity contribution in [1.29, 1.82) is 0 Å². The predicted octanol–water partition coefficient (Wildman–Crippen LogP) is 2.86. The zero-order valence-electron chi connectivity index (χ0n) is 25.0. The highest BCUT2D eigenvalue weighted by molar-refractivity contribution is 7.15. The van der Waals surface area contributed by atoms with Crippen LogP contribution in [0.25, 0.3) is 0 Å². The Balaban J connectivity index is 1.15. The van der Waals surface area contributed by atoms with E-state index in [9.17, 15) is 24.6 Å². The molecule has 3 amide bonds. The van der Waals surface area contributed by atoms with Crippen molar-refractivity contribution in [3.8, 4) is 0 Å². The van der Waals surface area contributed by atoms with Crippen LogP contribution in [0, 0.1) is 5.41 Å². The summed E-state index contributed by atoms with van der Waals surface area (Å²) in [6.07, 6.45) is 3.58. The molecule has 2 aromatic heterocycles. The Kier molecular flexibility index (Phi) is 12.2. The first-order chi connectivity index (χ1) is 21.8. The van der Waals surface area contributed by atoms with Gasteiger partial charge in [0.25, 0.3) is 0 Å². The summed E-state index contributed by atoms with van der Waals surface area (Å²) in [6.45, 7) is 0.752. The van der Waals surface area contributed by atoms with Gasteiger partial charge in [-0.3, -0.25) is 14.4 Å². The predicted molar refractivity (Wildman–Crippen MR) is 170 cm³/mol. The molecule has 4 rings (SSSR count). The van der Waals surface area contributed by atoms with E-state index in [0.717, 1.165) is 46.7 Å². The monoisotopic (exact) mass is 631 g/mol. The quantitative estimate of drug-likeness (QED) is 0.116. The summed E-state index contributed by atoms with van der Waals surface area (Å²) in [5.74, 6) is -0.405. The summed E-state index contributed by atoms with van der Waals surface area (Å²) < 4.78 is 0. The minimum absolute atomic E-state index is 0.123. The van der Waals surface area contributed by atoms with Crippen molar-refractivity contribution in [2.45, 2.75) is 52.0 Å². The van der Waals surface area contributed by atoms with Crippen LogP contribution in [0.1, 0.15) is 47.2 Å². The second-order valence-corrected chi connectivity index (χ2v) is 12.0. The molecule has 12 nitrogen and oxygen atoms in total. The van der Waals surface area contributed by atoms with E-state index >= 15 is 0 Å². The fourth-order valence-corrected chi connectivity index (χ4v) is 5.10. The molecule has 0 saturated carbocycles. The van der Waals surface area contributed by atoms with Crippen molar-refractivity contribution < 1.29 is 24.6 Å². The van der Waals surface area contributed by atoms with Crippen molar-refractivity contribution in [2.24, 2.45) is 5.41 Å². The third kappa shape index (κ3) is 10.5. The lowest BCUT2D eigenvalue weighted by Crippen LogP contribution is -2.43. The molecule has 0 saturated heterocycles. The highest BCUT2D eigenvalue weighted by Crippen LogP contribution is 2.19. The van der Waals surface area contributed by atoms with Gasteiger partial charge in [-0.25, -0.2) is 0 Å². The van der Waals surface area contributed by atoms with E-state index in [4.69, 9.17) is 0 Å². The van der Waals surface area contributed by atoms with Crippen molar-refractivity contribution >= 4 is 40.0 Å². The number of carbonyl (C=O) groups is 3. The van der Waals surface area contributed by atoms with Gasteiger partial charge in [0.15, 0.2) is 5.82 Å². The van der Waals surface area contributed by atoms with Gasteiger partial charge in [0, 0.05) is 13.0 Å². The second kappa shape index (κ2) is 16.5. The van der Waals surface area contributed by atoms with E-state index in [0.29, 0.717) is 17.4 Å². The number of aliphatic hydroxyl groups excluding tert-OH is 2. The summed E-state index contributed by atoms with van der Waals surface area (Å²) in [4.78, 5) is 37.1. The molecule has 45 heavy (non-hydrogen) atoms. The molecule has 0 aliphatic carbocycles. The molecular weight excluding hydrogens is 594 g/mol. The first kappa shape index (κ1) is 33.3. The molecule has 0 atom stereocenters. The Hall–Kier alpha value is -4.59. The zero-order chi connectivity index (χ0) is 32.1. The van der Waals surface area contributed by atoms with Crippen LogP contribution in [0.4, 0.5) is 10.9 Å². The number of carbonyl (C=O) groups excluding carboxylic acids is 3. The Labute approximate surface area is 265 Å². The molecule has 13 heteroatoms. The number of nitrogens with zero attached hydrogens (tertiary/aromatic N) is 4. The Bertz CT molecular complexity index is 1560. The zero-order valence-corrected chi connectivity index (χ0v) is 25.8. The van der Waals surface area contributed by atoms with E-state index < -0.39 is 24.5 Å². The summed E-state index contributed by atoms with van der Waals surface area (Å²) in [7, 11) is 0. The molecule has 0 unspecified atom stereocenters. The number of benzene rings is 2. The van der Waals surface area contributed by atoms with E-state index in [1.54, 1.807) is 12.1 Å². The van der Waals surface area contributed by atoms with Crippen LogP contribution in [-0.4, -0.2) is 61.5 Å². The van der Waals surface area contributed by atoms with Gasteiger partial charge in [-0.1, -0.05) is 65.9 Å². The smallest absolute Gasteiger partial charge is 0.230 e. The molecule has 4 aromatic rings. The maximum atomic E-state index is 12.6. The van der Waals surface area contributed by atoms with Crippen molar-refractivity contribution in [2.75, 3.05) is 23.8 Å². The second-order valence-electron chi connectivity index (χ2n) is 10.9. The molecule has 236 valence electrons. The van der Waals surface area contributed by atoms with Crippen LogP contribution >= 0.6 is 11.3 Å². The molecule has 2 heterocycles. The van der Waals surface area contributed by atoms with Gasteiger partial charge >= 0.3 is 0 Å². The summed E-state index contributed by atoms with van der Waals surface area (Å²) in [5.41, 5.74) is 2.06. The van der Waals surface area contributed by atoms with Crippen LogP contribution in [0.2, 0.25) is 0 Å². The van der Waals surface area contributed by atoms with Crippen LogP contribution in [0.15, 0.2) is 66.7 Å². The van der Waals surface area contributed by atoms with Gasteiger partial charge < -0.3 is 26.2 Å². The SMILES string of the molecule is CC(CO)(CO)C(=O)NCc1cccc(CC(=O)Nc2nnc(CCCCc3ccc(NC(=O)Cc4ccccc4)nn3)s2)c1. The summed E-state index contributed by atoms with van der Waals surface area (Å²) in [5, 5.41) is 44.9. The van der Waals surface area contributed by atoms with E-state index in [1.807, 2.05) is 54.6 Å². The van der Waals surface area contributed by atoms with Crippen LogP contribution in [0.3, 0.4) is 0 Å². The molecule has 0 fully saturated rings. The van der Waals surface area contributed by atoms with Gasteiger partial charge in [-0.15, -0.1) is 15.3 Å². The highest BCUT2D eigenvalue weighted by Gasteiger charge is 2.31. The molecule has 5 N–H and O–H groups in total. The fourth-order valence-electron chi connectivity index (χ4n) is 4.30. The standard InChI is InChI=1S/C32H37N7O5S/c1-32(20-40,21-41)30(44)33-19-24-11-7-10-23(16-24)18-28(43)35-31-39-38-29(45-31)13-6-5-12-25-14-15-26(37-36-25)34-27(42)17-22-8-3-2-4-9-22/h2-4,7-11,14-16,40-41H,5-6,12-13,17-21H2,1H3,(H,33,44)(H,34,37,42)(H,35,39,43). The van der Waals surface area contributed by atoms with Crippen molar-refractivity contribution in [1.82, 2.24) is 25.7 Å². The number of hydrogen-bond acceptors (Lipinski definition) is 10. The average Bonchev–Trinajstić information content (AvgIpc) is 3.49. The molecule has 0 spiro atoms. The average molecular weight is 632 g/mol. The Morgan fingerprint density at radius 3 is 2.18 bits per heavy atom. The maximum absolute atomic E-state index is 12.6. The van der Waals surface area contributed by atoms with Crippen molar-refractivity contribution in [3.63, 3.8) is 0 Å². The van der Waals surface area contributed by atoms with Gasteiger partial charge in [-0.2, -0.15) is 5.10 Å². The largest absolute Gasteiger partial charge is 0.395 e. The summed E-state index contributed by atoms with van der Waals surface area (Å²) in [6, 6.07) is 20.4.